The summed E-state index contributed by atoms with van der Waals surface area (Å²) >= 11 is 2.99. The van der Waals surface area contributed by atoms with Gasteiger partial charge in [0, 0.05) is 22.7 Å². The number of thioether (sulfide) groups is 2. The van der Waals surface area contributed by atoms with Crippen LogP contribution in [0, 0.1) is 5.92 Å². The maximum Gasteiger partial charge on any atom is 0.307 e. The molecular weight excluding hydrogens is 232 g/mol. The van der Waals surface area contributed by atoms with Gasteiger partial charge in [-0.25, -0.2) is 0 Å². The smallest absolute Gasteiger partial charge is 0.307 e. The molecule has 2 atom stereocenters. The van der Waals surface area contributed by atoms with E-state index < -0.39 is 5.97 Å². The Balaban J connectivity index is 2.59. The van der Waals surface area contributed by atoms with E-state index in [2.05, 4.69) is 0 Å². The van der Waals surface area contributed by atoms with Gasteiger partial charge in [-0.15, -0.1) is 0 Å². The highest BCUT2D eigenvalue weighted by Gasteiger charge is 2.40. The predicted octanol–water partition coefficient (Wildman–Crippen LogP) is 2.25. The normalized spacial score (nSPS) is 26.6. The molecule has 1 fully saturated rings. The largest absolute Gasteiger partial charge is 0.481 e. The Bertz CT molecular complexity index is 276. The van der Waals surface area contributed by atoms with E-state index in [4.69, 9.17) is 5.11 Å². The predicted molar refractivity (Wildman–Crippen MR) is 64.3 cm³/mol. The van der Waals surface area contributed by atoms with Crippen LogP contribution >= 0.6 is 23.5 Å². The molecule has 5 heteroatoms. The first kappa shape index (κ1) is 12.9. The molecule has 86 valence electrons. The quantitative estimate of drug-likeness (QED) is 0.830. The number of hydrogen-bond acceptors (Lipinski definition) is 4. The lowest BCUT2D eigenvalue weighted by molar-refractivity contribution is -0.140. The lowest BCUT2D eigenvalue weighted by atomic mass is 9.99. The summed E-state index contributed by atoms with van der Waals surface area (Å²) in [6.45, 7) is 5.59. The minimum absolute atomic E-state index is 0.0966. The molecule has 3 nitrogen and oxygen atoms in total. The number of carboxylic acid groups (broad SMARTS) is 1. The molecule has 1 heterocycles. The minimum atomic E-state index is -0.714. The standard InChI is InChI=1S/C10H16O3S2/c1-6(11)15-10(2,3)8-4-7(5-14-8)9(12)13/h7-8H,4-5H2,1-3H3,(H,12,13)/t7-,8+/m0/s1. The van der Waals surface area contributed by atoms with E-state index in [1.54, 1.807) is 18.7 Å². The van der Waals surface area contributed by atoms with Gasteiger partial charge in [0.15, 0.2) is 5.12 Å². The molecule has 0 aliphatic carbocycles. The summed E-state index contributed by atoms with van der Waals surface area (Å²) in [5.41, 5.74) is 0. The van der Waals surface area contributed by atoms with E-state index in [1.165, 1.54) is 11.8 Å². The maximum atomic E-state index is 11.1. The molecule has 0 spiro atoms. The van der Waals surface area contributed by atoms with Crippen LogP contribution in [0.3, 0.4) is 0 Å². The Morgan fingerprint density at radius 3 is 2.47 bits per heavy atom. The first-order valence-electron chi connectivity index (χ1n) is 4.87. The molecule has 1 N–H and O–H groups in total. The van der Waals surface area contributed by atoms with Crippen molar-refractivity contribution in [3.8, 4) is 0 Å². The molecule has 1 saturated heterocycles. The average molecular weight is 248 g/mol. The Kier molecular flexibility index (Phi) is 4.12. The molecule has 1 aliphatic heterocycles. The van der Waals surface area contributed by atoms with Crippen molar-refractivity contribution in [1.82, 2.24) is 0 Å². The topological polar surface area (TPSA) is 54.4 Å². The van der Waals surface area contributed by atoms with E-state index in [0.29, 0.717) is 12.2 Å². The SMILES string of the molecule is CC(=O)SC(C)(C)[C@H]1C[C@H](C(=O)O)CS1. The molecule has 0 aromatic heterocycles. The van der Waals surface area contributed by atoms with Crippen LogP contribution in [0.5, 0.6) is 0 Å². The van der Waals surface area contributed by atoms with Crippen molar-refractivity contribution in [2.24, 2.45) is 5.92 Å². The van der Waals surface area contributed by atoms with Gasteiger partial charge < -0.3 is 5.11 Å². The second kappa shape index (κ2) is 4.78. The van der Waals surface area contributed by atoms with Crippen LogP contribution in [-0.2, 0) is 9.59 Å². The van der Waals surface area contributed by atoms with Crippen LogP contribution in [0.15, 0.2) is 0 Å². The third kappa shape index (κ3) is 3.41. The molecule has 1 aliphatic rings. The fourth-order valence-corrected chi connectivity index (χ4v) is 4.55. The van der Waals surface area contributed by atoms with Crippen LogP contribution in [0.4, 0.5) is 0 Å². The number of rotatable bonds is 3. The molecule has 0 bridgehead atoms. The van der Waals surface area contributed by atoms with E-state index in [9.17, 15) is 9.59 Å². The highest BCUT2D eigenvalue weighted by molar-refractivity contribution is 8.15. The third-order valence-corrected chi connectivity index (χ3v) is 5.55. The van der Waals surface area contributed by atoms with Gasteiger partial charge in [0.05, 0.1) is 5.92 Å². The Morgan fingerprint density at radius 1 is 1.47 bits per heavy atom. The van der Waals surface area contributed by atoms with Crippen LogP contribution < -0.4 is 0 Å². The molecule has 15 heavy (non-hydrogen) atoms. The van der Waals surface area contributed by atoms with E-state index >= 15 is 0 Å². The molecule has 0 saturated carbocycles. The van der Waals surface area contributed by atoms with Crippen molar-refractivity contribution in [3.05, 3.63) is 0 Å². The molecule has 0 unspecified atom stereocenters. The van der Waals surface area contributed by atoms with Crippen molar-refractivity contribution in [2.45, 2.75) is 37.2 Å². The first-order chi connectivity index (χ1) is 6.83. The average Bonchev–Trinajstić information content (AvgIpc) is 2.48. The fourth-order valence-electron chi connectivity index (χ4n) is 1.72. The van der Waals surface area contributed by atoms with Gasteiger partial charge in [-0.3, -0.25) is 9.59 Å². The molecular formula is C10H16O3S2. The Labute approximate surface area is 98.4 Å². The fraction of sp³-hybridized carbons (Fsp3) is 0.800. The lowest BCUT2D eigenvalue weighted by Gasteiger charge is -2.28. The van der Waals surface area contributed by atoms with Gasteiger partial charge in [0.25, 0.3) is 0 Å². The van der Waals surface area contributed by atoms with Crippen LogP contribution in [-0.4, -0.2) is 31.9 Å². The number of carbonyl (C=O) groups is 2. The molecule has 0 aromatic rings. The Hall–Kier alpha value is -0.160. The summed E-state index contributed by atoms with van der Waals surface area (Å²) in [6, 6.07) is 0. The summed E-state index contributed by atoms with van der Waals surface area (Å²) in [4.78, 5) is 21.9. The van der Waals surface area contributed by atoms with Gasteiger partial charge in [-0.1, -0.05) is 11.8 Å². The minimum Gasteiger partial charge on any atom is -0.481 e. The molecule has 1 rings (SSSR count). The van der Waals surface area contributed by atoms with Crippen LogP contribution in [0.2, 0.25) is 0 Å². The summed E-state index contributed by atoms with van der Waals surface area (Å²) in [5.74, 6) is -0.289. The number of hydrogen-bond donors (Lipinski definition) is 1. The van der Waals surface area contributed by atoms with Crippen molar-refractivity contribution in [3.63, 3.8) is 0 Å². The second-order valence-corrected chi connectivity index (χ2v) is 7.36. The maximum absolute atomic E-state index is 11.1. The summed E-state index contributed by atoms with van der Waals surface area (Å²) < 4.78 is -0.166. The van der Waals surface area contributed by atoms with E-state index in [1.807, 2.05) is 13.8 Å². The number of carboxylic acids is 1. The van der Waals surface area contributed by atoms with Gasteiger partial charge >= 0.3 is 5.97 Å². The van der Waals surface area contributed by atoms with E-state index in [0.717, 1.165) is 0 Å². The second-order valence-electron chi connectivity index (χ2n) is 4.29. The summed E-state index contributed by atoms with van der Waals surface area (Å²) in [5, 5.41) is 9.25. The zero-order chi connectivity index (χ0) is 11.6. The van der Waals surface area contributed by atoms with Crippen molar-refractivity contribution >= 4 is 34.6 Å². The Morgan fingerprint density at radius 2 is 2.07 bits per heavy atom. The van der Waals surface area contributed by atoms with E-state index in [-0.39, 0.29) is 21.0 Å². The highest BCUT2D eigenvalue weighted by Crippen LogP contribution is 2.44. The molecule has 0 amide bonds. The number of carbonyl (C=O) groups excluding carboxylic acids is 1. The molecule has 0 radical (unpaired) electrons. The summed E-state index contributed by atoms with van der Waals surface area (Å²) in [7, 11) is 0. The van der Waals surface area contributed by atoms with Gasteiger partial charge in [0.1, 0.15) is 0 Å². The first-order valence-corrected chi connectivity index (χ1v) is 6.73. The summed E-state index contributed by atoms with van der Waals surface area (Å²) in [6.07, 6.45) is 0.674. The molecule has 0 aromatic carbocycles. The van der Waals surface area contributed by atoms with Crippen LogP contribution in [0.1, 0.15) is 27.2 Å². The monoisotopic (exact) mass is 248 g/mol. The third-order valence-electron chi connectivity index (χ3n) is 2.53. The zero-order valence-electron chi connectivity index (χ0n) is 9.15. The van der Waals surface area contributed by atoms with Crippen molar-refractivity contribution in [2.75, 3.05) is 5.75 Å². The van der Waals surface area contributed by atoms with Gasteiger partial charge in [0.2, 0.25) is 0 Å². The van der Waals surface area contributed by atoms with Gasteiger partial charge in [-0.2, -0.15) is 11.8 Å². The van der Waals surface area contributed by atoms with Crippen molar-refractivity contribution < 1.29 is 14.7 Å². The highest BCUT2D eigenvalue weighted by atomic mass is 32.2. The zero-order valence-corrected chi connectivity index (χ0v) is 10.8. The van der Waals surface area contributed by atoms with Crippen LogP contribution in [0.25, 0.3) is 0 Å². The lowest BCUT2D eigenvalue weighted by Crippen LogP contribution is -2.30. The number of aliphatic carboxylic acids is 1. The van der Waals surface area contributed by atoms with Gasteiger partial charge in [-0.05, 0) is 20.3 Å². The van der Waals surface area contributed by atoms with Crippen molar-refractivity contribution in [1.29, 1.82) is 0 Å².